The smallest absolute Gasteiger partial charge is 0.0802 e. The van der Waals surface area contributed by atoms with E-state index >= 15 is 0 Å². The molecule has 3 aliphatic rings. The zero-order valence-electron chi connectivity index (χ0n) is 9.00. The molecule has 0 aromatic rings. The molecule has 0 spiro atoms. The van der Waals surface area contributed by atoms with Crippen LogP contribution in [0.25, 0.3) is 0 Å². The molecule has 3 rings (SSSR count). The molecule has 3 fully saturated rings. The molecule has 0 aromatic heterocycles. The lowest BCUT2D eigenvalue weighted by Crippen LogP contribution is -2.53. The fourth-order valence-corrected chi connectivity index (χ4v) is 4.11. The van der Waals surface area contributed by atoms with E-state index in [1.54, 1.807) is 0 Å². The highest BCUT2D eigenvalue weighted by Gasteiger charge is 2.52. The van der Waals surface area contributed by atoms with Crippen LogP contribution in [0.3, 0.4) is 0 Å². The third-order valence-electron chi connectivity index (χ3n) is 4.84. The number of aliphatic hydroxyl groups is 1. The van der Waals surface area contributed by atoms with Gasteiger partial charge in [0.25, 0.3) is 0 Å². The first-order chi connectivity index (χ1) is 6.69. The minimum absolute atomic E-state index is 0.353. The Morgan fingerprint density at radius 2 is 1.93 bits per heavy atom. The first-order valence-corrected chi connectivity index (χ1v) is 6.17. The van der Waals surface area contributed by atoms with Crippen molar-refractivity contribution in [2.45, 2.75) is 63.1 Å². The van der Waals surface area contributed by atoms with Gasteiger partial charge in [-0.3, -0.25) is 0 Å². The Kier molecular flexibility index (Phi) is 1.94. The summed E-state index contributed by atoms with van der Waals surface area (Å²) in [5, 5.41) is 14.2. The van der Waals surface area contributed by atoms with Gasteiger partial charge in [-0.2, -0.15) is 0 Å². The fourth-order valence-electron chi connectivity index (χ4n) is 4.11. The maximum atomic E-state index is 10.6. The van der Waals surface area contributed by atoms with Crippen LogP contribution < -0.4 is 5.32 Å². The van der Waals surface area contributed by atoms with Gasteiger partial charge in [-0.05, 0) is 37.5 Å². The summed E-state index contributed by atoms with van der Waals surface area (Å²) in [7, 11) is 0. The molecule has 2 nitrogen and oxygen atoms in total. The van der Waals surface area contributed by atoms with Crippen molar-refractivity contribution in [3.8, 4) is 0 Å². The molecular weight excluding hydrogens is 174 g/mol. The molecule has 1 saturated heterocycles. The van der Waals surface area contributed by atoms with E-state index in [1.165, 1.54) is 25.7 Å². The quantitative estimate of drug-likeness (QED) is 0.667. The zero-order chi connectivity index (χ0) is 9.76. The van der Waals surface area contributed by atoms with Gasteiger partial charge in [-0.1, -0.05) is 19.8 Å². The van der Waals surface area contributed by atoms with E-state index in [0.29, 0.717) is 12.1 Å². The molecule has 2 aliphatic carbocycles. The third kappa shape index (κ3) is 1.17. The van der Waals surface area contributed by atoms with E-state index in [4.69, 9.17) is 0 Å². The van der Waals surface area contributed by atoms with Gasteiger partial charge in [-0.25, -0.2) is 0 Å². The molecule has 0 amide bonds. The number of hydrogen-bond acceptors (Lipinski definition) is 2. The Morgan fingerprint density at radius 1 is 1.21 bits per heavy atom. The molecule has 80 valence electrons. The van der Waals surface area contributed by atoms with Gasteiger partial charge in [-0.15, -0.1) is 0 Å². The molecule has 2 heteroatoms. The van der Waals surface area contributed by atoms with Crippen LogP contribution in [-0.4, -0.2) is 22.8 Å². The lowest BCUT2D eigenvalue weighted by molar-refractivity contribution is -0.0148. The van der Waals surface area contributed by atoms with Crippen LogP contribution in [0.2, 0.25) is 0 Å². The van der Waals surface area contributed by atoms with E-state index in [1.807, 2.05) is 0 Å². The highest BCUT2D eigenvalue weighted by Crippen LogP contribution is 2.47. The maximum Gasteiger partial charge on any atom is 0.0802 e. The summed E-state index contributed by atoms with van der Waals surface area (Å²) in [4.78, 5) is 0. The second-order valence-electron chi connectivity index (χ2n) is 5.76. The summed E-state index contributed by atoms with van der Waals surface area (Å²) < 4.78 is 0. The average molecular weight is 195 g/mol. The summed E-state index contributed by atoms with van der Waals surface area (Å²) in [5.74, 6) is 1.58. The van der Waals surface area contributed by atoms with Crippen LogP contribution in [-0.2, 0) is 0 Å². The minimum Gasteiger partial charge on any atom is -0.388 e. The molecular formula is C12H21NO. The van der Waals surface area contributed by atoms with Crippen molar-refractivity contribution in [2.75, 3.05) is 0 Å². The summed E-state index contributed by atoms with van der Waals surface area (Å²) in [6.45, 7) is 2.36. The van der Waals surface area contributed by atoms with E-state index in [2.05, 4.69) is 12.2 Å². The van der Waals surface area contributed by atoms with Gasteiger partial charge in [0, 0.05) is 12.1 Å². The number of rotatable bonds is 1. The first-order valence-electron chi connectivity index (χ1n) is 6.17. The van der Waals surface area contributed by atoms with Gasteiger partial charge in [0.2, 0.25) is 0 Å². The minimum atomic E-state index is -0.353. The van der Waals surface area contributed by atoms with Crippen molar-refractivity contribution in [3.63, 3.8) is 0 Å². The molecule has 1 heterocycles. The molecule has 0 aromatic carbocycles. The Hall–Kier alpha value is -0.0800. The molecule has 3 unspecified atom stereocenters. The Balaban J connectivity index is 1.80. The largest absolute Gasteiger partial charge is 0.388 e. The van der Waals surface area contributed by atoms with Gasteiger partial charge in [0.15, 0.2) is 0 Å². The third-order valence-corrected chi connectivity index (χ3v) is 4.84. The average Bonchev–Trinajstić information content (AvgIpc) is 2.78. The highest BCUT2D eigenvalue weighted by molar-refractivity contribution is 5.09. The van der Waals surface area contributed by atoms with Crippen LogP contribution >= 0.6 is 0 Å². The van der Waals surface area contributed by atoms with Gasteiger partial charge in [0.1, 0.15) is 0 Å². The Bertz CT molecular complexity index is 234. The normalized spacial score (nSPS) is 50.1. The summed E-state index contributed by atoms with van der Waals surface area (Å²) in [5.41, 5.74) is -0.353. The number of piperidine rings is 1. The molecule has 2 N–H and O–H groups in total. The van der Waals surface area contributed by atoms with E-state index in [-0.39, 0.29) is 5.60 Å². The molecule has 2 saturated carbocycles. The van der Waals surface area contributed by atoms with E-state index in [0.717, 1.165) is 24.7 Å². The van der Waals surface area contributed by atoms with Crippen LogP contribution in [0.15, 0.2) is 0 Å². The molecule has 4 atom stereocenters. The monoisotopic (exact) mass is 195 g/mol. The second kappa shape index (κ2) is 2.96. The topological polar surface area (TPSA) is 32.3 Å². The van der Waals surface area contributed by atoms with E-state index < -0.39 is 0 Å². The van der Waals surface area contributed by atoms with Crippen molar-refractivity contribution >= 4 is 0 Å². The standard InChI is InChI=1S/C12H21NO/c1-8-6-9-7-10(8)11(13-9)12(14)4-2-3-5-12/h8-11,13-14H,2-7H2,1H3/t8?,9?,10?,11-/m0/s1. The zero-order valence-corrected chi connectivity index (χ0v) is 9.00. The number of hydrogen-bond donors (Lipinski definition) is 2. The highest BCUT2D eigenvalue weighted by atomic mass is 16.3. The second-order valence-corrected chi connectivity index (χ2v) is 5.76. The van der Waals surface area contributed by atoms with Crippen LogP contribution in [0.4, 0.5) is 0 Å². The molecule has 1 aliphatic heterocycles. The van der Waals surface area contributed by atoms with E-state index in [9.17, 15) is 5.11 Å². The maximum absolute atomic E-state index is 10.6. The van der Waals surface area contributed by atoms with Gasteiger partial charge >= 0.3 is 0 Å². The van der Waals surface area contributed by atoms with Gasteiger partial charge in [0.05, 0.1) is 5.60 Å². The SMILES string of the molecule is CC1CC2CC1[C@@H](C1(O)CCCC1)N2. The van der Waals surface area contributed by atoms with Crippen molar-refractivity contribution in [1.82, 2.24) is 5.32 Å². The predicted molar refractivity (Wildman–Crippen MR) is 56.0 cm³/mol. The fraction of sp³-hybridized carbons (Fsp3) is 1.00. The van der Waals surface area contributed by atoms with Crippen molar-refractivity contribution in [3.05, 3.63) is 0 Å². The predicted octanol–water partition coefficient (Wildman–Crippen LogP) is 1.68. The summed E-state index contributed by atoms with van der Waals surface area (Å²) in [6.07, 6.45) is 7.15. The van der Waals surface area contributed by atoms with Gasteiger partial charge < -0.3 is 10.4 Å². The van der Waals surface area contributed by atoms with Crippen LogP contribution in [0.5, 0.6) is 0 Å². The number of nitrogens with one attached hydrogen (secondary N) is 1. The molecule has 2 bridgehead atoms. The lowest BCUT2D eigenvalue weighted by Gasteiger charge is -2.38. The molecule has 14 heavy (non-hydrogen) atoms. The number of fused-ring (bicyclic) bond motifs is 2. The first kappa shape index (κ1) is 9.17. The summed E-state index contributed by atoms with van der Waals surface area (Å²) in [6, 6.07) is 1.13. The van der Waals surface area contributed by atoms with Crippen LogP contribution in [0, 0.1) is 11.8 Å². The molecule has 0 radical (unpaired) electrons. The van der Waals surface area contributed by atoms with Crippen LogP contribution in [0.1, 0.15) is 45.4 Å². The Morgan fingerprint density at radius 3 is 2.50 bits per heavy atom. The summed E-state index contributed by atoms with van der Waals surface area (Å²) >= 11 is 0. The van der Waals surface area contributed by atoms with Crippen molar-refractivity contribution in [1.29, 1.82) is 0 Å². The Labute approximate surface area is 86.1 Å². The lowest BCUT2D eigenvalue weighted by atomic mass is 9.79. The van der Waals surface area contributed by atoms with Crippen molar-refractivity contribution < 1.29 is 5.11 Å². The van der Waals surface area contributed by atoms with Crippen molar-refractivity contribution in [2.24, 2.45) is 11.8 Å².